The second kappa shape index (κ2) is 6.60. The van der Waals surface area contributed by atoms with Gasteiger partial charge in [0.2, 0.25) is 5.91 Å². The van der Waals surface area contributed by atoms with E-state index in [0.29, 0.717) is 23.4 Å². The zero-order chi connectivity index (χ0) is 15.6. The Bertz CT molecular complexity index is 533. The normalized spacial score (nSPS) is 16.0. The van der Waals surface area contributed by atoms with Crippen LogP contribution in [0.4, 0.5) is 5.82 Å². The van der Waals surface area contributed by atoms with Crippen LogP contribution < -0.4 is 4.90 Å². The first-order valence-electron chi connectivity index (χ1n) is 7.48. The number of aromatic nitrogens is 2. The van der Waals surface area contributed by atoms with Crippen LogP contribution in [0.25, 0.3) is 0 Å². The number of hydrogen-bond donors (Lipinski definition) is 0. The summed E-state index contributed by atoms with van der Waals surface area (Å²) in [7, 11) is 0. The molecule has 1 fully saturated rings. The third-order valence-electron chi connectivity index (χ3n) is 3.60. The van der Waals surface area contributed by atoms with Crippen LogP contribution in [0.1, 0.15) is 32.2 Å². The molecular formula is C15H23ClN4O. The number of halogens is 1. The van der Waals surface area contributed by atoms with Crippen molar-refractivity contribution in [3.63, 3.8) is 0 Å². The number of nitrogens with zero attached hydrogens (tertiary/aromatic N) is 4. The fourth-order valence-electron chi connectivity index (χ4n) is 2.64. The lowest BCUT2D eigenvalue weighted by Gasteiger charge is -2.36. The maximum absolute atomic E-state index is 12.3. The van der Waals surface area contributed by atoms with Gasteiger partial charge in [-0.2, -0.15) is 0 Å². The monoisotopic (exact) mass is 310 g/mol. The van der Waals surface area contributed by atoms with Gasteiger partial charge in [0.25, 0.3) is 0 Å². The highest BCUT2D eigenvalue weighted by atomic mass is 35.5. The zero-order valence-electron chi connectivity index (χ0n) is 13.2. The number of amides is 1. The minimum Gasteiger partial charge on any atom is -0.345 e. The molecule has 1 amide bonds. The van der Waals surface area contributed by atoms with Gasteiger partial charge in [-0.25, -0.2) is 9.97 Å². The van der Waals surface area contributed by atoms with Gasteiger partial charge >= 0.3 is 0 Å². The number of aryl methyl sites for hydroxylation is 1. The highest BCUT2D eigenvalue weighted by Gasteiger charge is 2.27. The maximum atomic E-state index is 12.3. The lowest BCUT2D eigenvalue weighted by Crippen LogP contribution is -2.51. The third-order valence-corrected chi connectivity index (χ3v) is 3.92. The molecule has 0 saturated carbocycles. The molecule has 1 aliphatic heterocycles. The Kier molecular flexibility index (Phi) is 5.04. The summed E-state index contributed by atoms with van der Waals surface area (Å²) in [4.78, 5) is 25.0. The summed E-state index contributed by atoms with van der Waals surface area (Å²) in [6.45, 7) is 10.8. The van der Waals surface area contributed by atoms with E-state index >= 15 is 0 Å². The zero-order valence-corrected chi connectivity index (χ0v) is 13.9. The average molecular weight is 311 g/mol. The van der Waals surface area contributed by atoms with E-state index in [-0.39, 0.29) is 5.91 Å². The Morgan fingerprint density at radius 1 is 1.29 bits per heavy atom. The van der Waals surface area contributed by atoms with Crippen molar-refractivity contribution in [1.82, 2.24) is 14.9 Å². The molecule has 0 bridgehead atoms. The molecule has 2 rings (SSSR count). The number of rotatable bonds is 4. The quantitative estimate of drug-likeness (QED) is 0.801. The van der Waals surface area contributed by atoms with Gasteiger partial charge in [0.05, 0.1) is 6.54 Å². The largest absolute Gasteiger partial charge is 0.345 e. The molecule has 0 spiro atoms. The van der Waals surface area contributed by atoms with E-state index in [1.54, 1.807) is 0 Å². The van der Waals surface area contributed by atoms with Gasteiger partial charge in [0, 0.05) is 25.2 Å². The molecule has 116 valence electrons. The highest BCUT2D eigenvalue weighted by molar-refractivity contribution is 6.30. The predicted molar refractivity (Wildman–Crippen MR) is 84.8 cm³/mol. The van der Waals surface area contributed by atoms with Gasteiger partial charge in [0.15, 0.2) is 0 Å². The van der Waals surface area contributed by atoms with Crippen molar-refractivity contribution in [3.05, 3.63) is 16.5 Å². The summed E-state index contributed by atoms with van der Waals surface area (Å²) in [6, 6.07) is 0. The molecule has 6 heteroatoms. The van der Waals surface area contributed by atoms with Crippen molar-refractivity contribution >= 4 is 23.3 Å². The molecule has 0 aromatic carbocycles. The standard InChI is InChI=1S/C15H23ClN4O/c1-5-12-14(16)17-11(4)18-15(12)20-7-6-19(8-10(2)3)13(21)9-20/h10H,5-9H2,1-4H3. The molecule has 0 N–H and O–H groups in total. The fourth-order valence-corrected chi connectivity index (χ4v) is 2.98. The molecule has 2 heterocycles. The van der Waals surface area contributed by atoms with E-state index < -0.39 is 0 Å². The first-order chi connectivity index (χ1) is 9.92. The average Bonchev–Trinajstić information content (AvgIpc) is 2.40. The minimum atomic E-state index is 0.157. The molecule has 1 aromatic heterocycles. The lowest BCUT2D eigenvalue weighted by atomic mass is 10.1. The van der Waals surface area contributed by atoms with Crippen LogP contribution in [-0.4, -0.2) is 47.0 Å². The highest BCUT2D eigenvalue weighted by Crippen LogP contribution is 2.26. The first-order valence-corrected chi connectivity index (χ1v) is 7.85. The van der Waals surface area contributed by atoms with E-state index in [1.165, 1.54) is 0 Å². The summed E-state index contributed by atoms with van der Waals surface area (Å²) >= 11 is 6.21. The molecule has 0 aliphatic carbocycles. The van der Waals surface area contributed by atoms with Gasteiger partial charge < -0.3 is 9.80 Å². The van der Waals surface area contributed by atoms with Gasteiger partial charge in [-0.15, -0.1) is 0 Å². The summed E-state index contributed by atoms with van der Waals surface area (Å²) in [5.74, 6) is 2.10. The summed E-state index contributed by atoms with van der Waals surface area (Å²) in [6.07, 6.45) is 0.759. The Morgan fingerprint density at radius 3 is 2.57 bits per heavy atom. The third kappa shape index (κ3) is 3.64. The molecule has 21 heavy (non-hydrogen) atoms. The fraction of sp³-hybridized carbons (Fsp3) is 0.667. The summed E-state index contributed by atoms with van der Waals surface area (Å²) < 4.78 is 0. The maximum Gasteiger partial charge on any atom is 0.242 e. The topological polar surface area (TPSA) is 49.3 Å². The van der Waals surface area contributed by atoms with Crippen molar-refractivity contribution < 1.29 is 4.79 Å². The van der Waals surface area contributed by atoms with Gasteiger partial charge in [-0.1, -0.05) is 32.4 Å². The van der Waals surface area contributed by atoms with Crippen molar-refractivity contribution in [2.24, 2.45) is 5.92 Å². The van der Waals surface area contributed by atoms with Crippen molar-refractivity contribution in [3.8, 4) is 0 Å². The number of piperazine rings is 1. The van der Waals surface area contributed by atoms with Crippen LogP contribution >= 0.6 is 11.6 Å². The number of hydrogen-bond acceptors (Lipinski definition) is 4. The minimum absolute atomic E-state index is 0.157. The van der Waals surface area contributed by atoms with E-state index in [1.807, 2.05) is 23.6 Å². The van der Waals surface area contributed by atoms with Gasteiger partial charge in [-0.05, 0) is 19.3 Å². The van der Waals surface area contributed by atoms with Crippen molar-refractivity contribution in [2.75, 3.05) is 31.1 Å². The van der Waals surface area contributed by atoms with Crippen LogP contribution in [-0.2, 0) is 11.2 Å². The van der Waals surface area contributed by atoms with Crippen molar-refractivity contribution in [1.29, 1.82) is 0 Å². The predicted octanol–water partition coefficient (Wildman–Crippen LogP) is 2.31. The van der Waals surface area contributed by atoms with Crippen LogP contribution in [0.15, 0.2) is 0 Å². The summed E-state index contributed by atoms with van der Waals surface area (Å²) in [5.41, 5.74) is 0.923. The van der Waals surface area contributed by atoms with Crippen LogP contribution in [0.2, 0.25) is 5.15 Å². The second-order valence-electron chi connectivity index (χ2n) is 5.87. The van der Waals surface area contributed by atoms with Crippen LogP contribution in [0.3, 0.4) is 0 Å². The molecule has 0 atom stereocenters. The molecular weight excluding hydrogens is 288 g/mol. The molecule has 1 aromatic rings. The molecule has 1 aliphatic rings. The second-order valence-corrected chi connectivity index (χ2v) is 6.23. The van der Waals surface area contributed by atoms with Crippen molar-refractivity contribution in [2.45, 2.75) is 34.1 Å². The van der Waals surface area contributed by atoms with E-state index in [0.717, 1.165) is 37.4 Å². The van der Waals surface area contributed by atoms with Gasteiger partial charge in [0.1, 0.15) is 16.8 Å². The Labute approximate surface area is 131 Å². The number of anilines is 1. The van der Waals surface area contributed by atoms with E-state index in [2.05, 4.69) is 23.8 Å². The Morgan fingerprint density at radius 2 is 2.00 bits per heavy atom. The molecule has 0 radical (unpaired) electrons. The molecule has 0 unspecified atom stereocenters. The molecule has 1 saturated heterocycles. The summed E-state index contributed by atoms with van der Waals surface area (Å²) in [5, 5.41) is 0.497. The lowest BCUT2D eigenvalue weighted by molar-refractivity contribution is -0.131. The van der Waals surface area contributed by atoms with Gasteiger partial charge in [-0.3, -0.25) is 4.79 Å². The van der Waals surface area contributed by atoms with E-state index in [9.17, 15) is 4.79 Å². The smallest absolute Gasteiger partial charge is 0.242 e. The Hall–Kier alpha value is -1.36. The number of carbonyl (C=O) groups is 1. The van der Waals surface area contributed by atoms with E-state index in [4.69, 9.17) is 11.6 Å². The van der Waals surface area contributed by atoms with Crippen LogP contribution in [0.5, 0.6) is 0 Å². The number of carbonyl (C=O) groups excluding carboxylic acids is 1. The SMILES string of the molecule is CCc1c(Cl)nc(C)nc1N1CCN(CC(C)C)C(=O)C1. The first kappa shape index (κ1) is 16.0. The van der Waals surface area contributed by atoms with Crippen LogP contribution in [0, 0.1) is 12.8 Å². The Balaban J connectivity index is 2.20. The molecule has 5 nitrogen and oxygen atoms in total.